The third kappa shape index (κ3) is 2.62. The van der Waals surface area contributed by atoms with Crippen LogP contribution >= 0.6 is 35.0 Å². The Bertz CT molecular complexity index is 525. The Balaban J connectivity index is 1.84. The van der Waals surface area contributed by atoms with Crippen molar-refractivity contribution >= 4 is 46.0 Å². The van der Waals surface area contributed by atoms with E-state index in [0.717, 1.165) is 29.3 Å². The summed E-state index contributed by atoms with van der Waals surface area (Å²) in [6, 6.07) is 3.64. The van der Waals surface area contributed by atoms with Gasteiger partial charge < -0.3 is 10.3 Å². The molecule has 0 bridgehead atoms. The van der Waals surface area contributed by atoms with Crippen LogP contribution in [-0.4, -0.2) is 28.3 Å². The number of H-pyrrole nitrogens is 1. The first-order chi connectivity index (χ1) is 8.72. The third-order valence-electron chi connectivity index (χ3n) is 3.07. The smallest absolute Gasteiger partial charge is 0.166 e. The third-order valence-corrected chi connectivity index (χ3v) is 5.01. The molecule has 1 saturated heterocycles. The van der Waals surface area contributed by atoms with Crippen molar-refractivity contribution in [1.29, 1.82) is 0 Å². The number of piperidine rings is 1. The van der Waals surface area contributed by atoms with Crippen LogP contribution in [0.1, 0.15) is 12.8 Å². The SMILES string of the molecule is Clc1cc2nc(SC3CCNCC3)[nH]c2cc1Cl. The number of aromatic nitrogens is 2. The fourth-order valence-electron chi connectivity index (χ4n) is 2.11. The van der Waals surface area contributed by atoms with Crippen molar-refractivity contribution in [2.45, 2.75) is 23.2 Å². The maximum atomic E-state index is 5.99. The zero-order chi connectivity index (χ0) is 12.5. The van der Waals surface area contributed by atoms with Gasteiger partial charge in [-0.1, -0.05) is 35.0 Å². The van der Waals surface area contributed by atoms with E-state index in [9.17, 15) is 0 Å². The second kappa shape index (κ2) is 5.29. The number of halogens is 2. The van der Waals surface area contributed by atoms with Crippen molar-refractivity contribution in [3.05, 3.63) is 22.2 Å². The number of rotatable bonds is 2. The van der Waals surface area contributed by atoms with Gasteiger partial charge in [0.15, 0.2) is 5.16 Å². The standard InChI is InChI=1S/C12H13Cl2N3S/c13-8-5-10-11(6-9(8)14)17-12(16-10)18-7-1-3-15-4-2-7/h5-7,15H,1-4H2,(H,16,17). The number of thioether (sulfide) groups is 1. The Morgan fingerprint density at radius 3 is 2.67 bits per heavy atom. The second-order valence-corrected chi connectivity index (χ2v) is 6.50. The molecule has 1 fully saturated rings. The molecule has 2 heterocycles. The van der Waals surface area contributed by atoms with Crippen LogP contribution in [0.5, 0.6) is 0 Å². The number of nitrogens with zero attached hydrogens (tertiary/aromatic N) is 1. The topological polar surface area (TPSA) is 40.7 Å². The average molecular weight is 302 g/mol. The van der Waals surface area contributed by atoms with Gasteiger partial charge in [-0.2, -0.15) is 0 Å². The van der Waals surface area contributed by atoms with Gasteiger partial charge in [0, 0.05) is 5.25 Å². The van der Waals surface area contributed by atoms with Crippen molar-refractivity contribution in [3.8, 4) is 0 Å². The zero-order valence-corrected chi connectivity index (χ0v) is 12.0. The summed E-state index contributed by atoms with van der Waals surface area (Å²) in [5, 5.41) is 6.07. The van der Waals surface area contributed by atoms with Crippen LogP contribution in [0.3, 0.4) is 0 Å². The molecular weight excluding hydrogens is 289 g/mol. The summed E-state index contributed by atoms with van der Waals surface area (Å²) in [6.07, 6.45) is 2.37. The molecule has 0 unspecified atom stereocenters. The molecule has 6 heteroatoms. The maximum absolute atomic E-state index is 5.99. The molecule has 3 rings (SSSR count). The van der Waals surface area contributed by atoms with Gasteiger partial charge in [0.05, 0.1) is 21.1 Å². The molecule has 18 heavy (non-hydrogen) atoms. The zero-order valence-electron chi connectivity index (χ0n) is 9.67. The van der Waals surface area contributed by atoms with E-state index in [0.29, 0.717) is 15.3 Å². The van der Waals surface area contributed by atoms with Crippen molar-refractivity contribution in [3.63, 3.8) is 0 Å². The number of benzene rings is 1. The summed E-state index contributed by atoms with van der Waals surface area (Å²) >= 11 is 13.8. The van der Waals surface area contributed by atoms with Crippen LogP contribution in [0.4, 0.5) is 0 Å². The molecule has 0 saturated carbocycles. The minimum Gasteiger partial charge on any atom is -0.333 e. The molecule has 1 aromatic carbocycles. The van der Waals surface area contributed by atoms with E-state index in [-0.39, 0.29) is 0 Å². The summed E-state index contributed by atoms with van der Waals surface area (Å²) in [5.74, 6) is 0. The van der Waals surface area contributed by atoms with E-state index in [4.69, 9.17) is 23.2 Å². The molecule has 0 atom stereocenters. The van der Waals surface area contributed by atoms with Crippen LogP contribution in [0.2, 0.25) is 10.0 Å². The van der Waals surface area contributed by atoms with E-state index in [2.05, 4.69) is 15.3 Å². The van der Waals surface area contributed by atoms with Crippen LogP contribution in [-0.2, 0) is 0 Å². The number of hydrogen-bond donors (Lipinski definition) is 2. The second-order valence-electron chi connectivity index (χ2n) is 4.39. The van der Waals surface area contributed by atoms with Crippen molar-refractivity contribution in [2.24, 2.45) is 0 Å². The number of hydrogen-bond acceptors (Lipinski definition) is 3. The van der Waals surface area contributed by atoms with Gasteiger partial charge in [-0.25, -0.2) is 4.98 Å². The van der Waals surface area contributed by atoms with E-state index in [1.165, 1.54) is 12.8 Å². The first-order valence-corrected chi connectivity index (χ1v) is 7.58. The highest BCUT2D eigenvalue weighted by Crippen LogP contribution is 2.31. The molecule has 0 radical (unpaired) electrons. The number of fused-ring (bicyclic) bond motifs is 1. The number of nitrogens with one attached hydrogen (secondary N) is 2. The molecule has 2 aromatic rings. The van der Waals surface area contributed by atoms with Gasteiger partial charge >= 0.3 is 0 Å². The van der Waals surface area contributed by atoms with Crippen molar-refractivity contribution in [2.75, 3.05) is 13.1 Å². The summed E-state index contributed by atoms with van der Waals surface area (Å²) in [4.78, 5) is 7.85. The van der Waals surface area contributed by atoms with E-state index in [1.807, 2.05) is 23.9 Å². The highest BCUT2D eigenvalue weighted by molar-refractivity contribution is 7.99. The Morgan fingerprint density at radius 1 is 1.17 bits per heavy atom. The molecule has 0 aliphatic carbocycles. The number of imidazole rings is 1. The molecule has 1 aliphatic rings. The summed E-state index contributed by atoms with van der Waals surface area (Å²) in [6.45, 7) is 2.19. The largest absolute Gasteiger partial charge is 0.333 e. The lowest BCUT2D eigenvalue weighted by molar-refractivity contribution is 0.531. The molecule has 1 aromatic heterocycles. The van der Waals surface area contributed by atoms with Gasteiger partial charge in [0.2, 0.25) is 0 Å². The fraction of sp³-hybridized carbons (Fsp3) is 0.417. The van der Waals surface area contributed by atoms with Gasteiger partial charge in [0.1, 0.15) is 0 Å². The van der Waals surface area contributed by atoms with Crippen LogP contribution in [0.15, 0.2) is 17.3 Å². The van der Waals surface area contributed by atoms with Gasteiger partial charge in [-0.05, 0) is 38.1 Å². The first-order valence-electron chi connectivity index (χ1n) is 5.94. The molecule has 2 N–H and O–H groups in total. The van der Waals surface area contributed by atoms with Crippen molar-refractivity contribution < 1.29 is 0 Å². The molecular formula is C12H13Cl2N3S. The molecule has 0 spiro atoms. The minimum absolute atomic E-state index is 0.550. The first kappa shape index (κ1) is 12.6. The molecule has 3 nitrogen and oxygen atoms in total. The highest BCUT2D eigenvalue weighted by atomic mass is 35.5. The monoisotopic (exact) mass is 301 g/mol. The lowest BCUT2D eigenvalue weighted by Crippen LogP contribution is -2.29. The van der Waals surface area contributed by atoms with E-state index in [1.54, 1.807) is 0 Å². The quantitative estimate of drug-likeness (QED) is 0.888. The summed E-state index contributed by atoms with van der Waals surface area (Å²) < 4.78 is 0. The maximum Gasteiger partial charge on any atom is 0.166 e. The highest BCUT2D eigenvalue weighted by Gasteiger charge is 2.16. The predicted octanol–water partition coefficient (Wildman–Crippen LogP) is 3.71. The number of aromatic amines is 1. The average Bonchev–Trinajstić information content (AvgIpc) is 2.72. The van der Waals surface area contributed by atoms with Gasteiger partial charge in [0.25, 0.3) is 0 Å². The Kier molecular flexibility index (Phi) is 3.71. The molecule has 1 aliphatic heterocycles. The Morgan fingerprint density at radius 2 is 1.89 bits per heavy atom. The van der Waals surface area contributed by atoms with Crippen LogP contribution in [0, 0.1) is 0 Å². The van der Waals surface area contributed by atoms with E-state index < -0.39 is 0 Å². The Hall–Kier alpha value is -0.420. The summed E-state index contributed by atoms with van der Waals surface area (Å²) in [7, 11) is 0. The molecule has 0 amide bonds. The normalized spacial score (nSPS) is 17.4. The van der Waals surface area contributed by atoms with E-state index >= 15 is 0 Å². The lowest BCUT2D eigenvalue weighted by atomic mass is 10.2. The predicted molar refractivity (Wildman–Crippen MR) is 77.9 cm³/mol. The minimum atomic E-state index is 0.550. The fourth-order valence-corrected chi connectivity index (χ4v) is 3.54. The van der Waals surface area contributed by atoms with Crippen LogP contribution in [0.25, 0.3) is 11.0 Å². The van der Waals surface area contributed by atoms with Crippen molar-refractivity contribution in [1.82, 2.24) is 15.3 Å². The van der Waals surface area contributed by atoms with Gasteiger partial charge in [-0.3, -0.25) is 0 Å². The Labute approximate surface area is 120 Å². The summed E-state index contributed by atoms with van der Waals surface area (Å²) in [5.41, 5.74) is 1.82. The van der Waals surface area contributed by atoms with Crippen LogP contribution < -0.4 is 5.32 Å². The lowest BCUT2D eigenvalue weighted by Gasteiger charge is -2.20. The van der Waals surface area contributed by atoms with Gasteiger partial charge in [-0.15, -0.1) is 0 Å². The molecule has 96 valence electrons.